The lowest BCUT2D eigenvalue weighted by Gasteiger charge is -2.36. The number of imidazole rings is 1. The Kier molecular flexibility index (Phi) is 4.16. The predicted octanol–water partition coefficient (Wildman–Crippen LogP) is 3.25. The van der Waals surface area contributed by atoms with Gasteiger partial charge in [0.15, 0.2) is 0 Å². The van der Waals surface area contributed by atoms with Crippen LogP contribution in [0.5, 0.6) is 0 Å². The van der Waals surface area contributed by atoms with Crippen molar-refractivity contribution in [1.82, 2.24) is 13.9 Å². The summed E-state index contributed by atoms with van der Waals surface area (Å²) in [6.07, 6.45) is 0.823. The molecule has 6 nitrogen and oxygen atoms in total. The maximum Gasteiger partial charge on any atom is 0.326 e. The van der Waals surface area contributed by atoms with Crippen LogP contribution in [0.25, 0.3) is 11.0 Å². The Labute approximate surface area is 147 Å². The van der Waals surface area contributed by atoms with E-state index in [4.69, 9.17) is 0 Å². The third-order valence-electron chi connectivity index (χ3n) is 4.64. The SMILES string of the molecule is O=c1[nH]c2ccccc2n1Cc1ccc(CN2CCCS2(O)O)cc1. The van der Waals surface area contributed by atoms with Crippen molar-refractivity contribution in [2.75, 3.05) is 12.3 Å². The first-order valence-corrected chi connectivity index (χ1v) is 9.97. The van der Waals surface area contributed by atoms with Crippen molar-refractivity contribution in [3.05, 3.63) is 70.1 Å². The van der Waals surface area contributed by atoms with E-state index in [0.29, 0.717) is 18.8 Å². The molecule has 7 heteroatoms. The highest BCUT2D eigenvalue weighted by Crippen LogP contribution is 2.49. The zero-order valence-corrected chi connectivity index (χ0v) is 14.6. The van der Waals surface area contributed by atoms with Gasteiger partial charge in [0.25, 0.3) is 0 Å². The fraction of sp³-hybridized carbons (Fsp3) is 0.278. The van der Waals surface area contributed by atoms with Crippen LogP contribution in [0.4, 0.5) is 0 Å². The van der Waals surface area contributed by atoms with Gasteiger partial charge in [0, 0.05) is 13.1 Å². The minimum atomic E-state index is -2.58. The van der Waals surface area contributed by atoms with E-state index < -0.39 is 10.8 Å². The lowest BCUT2D eigenvalue weighted by Crippen LogP contribution is -2.22. The van der Waals surface area contributed by atoms with Crippen LogP contribution in [-0.4, -0.2) is 35.3 Å². The molecule has 0 unspecified atom stereocenters. The quantitative estimate of drug-likeness (QED) is 0.668. The van der Waals surface area contributed by atoms with Gasteiger partial charge >= 0.3 is 5.69 Å². The second kappa shape index (κ2) is 6.34. The average molecular weight is 359 g/mol. The van der Waals surface area contributed by atoms with Gasteiger partial charge in [-0.25, -0.2) is 9.10 Å². The van der Waals surface area contributed by atoms with Gasteiger partial charge in [-0.05, 0) is 29.7 Å². The Bertz CT molecular complexity index is 946. The molecule has 0 bridgehead atoms. The van der Waals surface area contributed by atoms with Crippen LogP contribution in [-0.2, 0) is 13.1 Å². The molecule has 4 rings (SSSR count). The second-order valence-corrected chi connectivity index (χ2v) is 8.59. The van der Waals surface area contributed by atoms with E-state index in [1.165, 1.54) is 0 Å². The summed E-state index contributed by atoms with van der Waals surface area (Å²) >= 11 is 0. The number of aromatic amines is 1. The average Bonchev–Trinajstić information content (AvgIpc) is 3.09. The summed E-state index contributed by atoms with van der Waals surface area (Å²) in [7, 11) is -2.58. The minimum Gasteiger partial charge on any atom is -0.306 e. The molecule has 0 amide bonds. The third kappa shape index (κ3) is 3.23. The van der Waals surface area contributed by atoms with Gasteiger partial charge in [-0.1, -0.05) is 36.4 Å². The van der Waals surface area contributed by atoms with Crippen LogP contribution in [0.15, 0.2) is 53.3 Å². The summed E-state index contributed by atoms with van der Waals surface area (Å²) in [5, 5.41) is 0. The third-order valence-corrected chi connectivity index (χ3v) is 6.62. The molecule has 0 atom stereocenters. The van der Waals surface area contributed by atoms with E-state index in [-0.39, 0.29) is 5.69 Å². The van der Waals surface area contributed by atoms with Crippen molar-refractivity contribution >= 4 is 21.8 Å². The molecule has 1 aliphatic heterocycles. The van der Waals surface area contributed by atoms with Crippen LogP contribution in [0.2, 0.25) is 0 Å². The molecule has 0 saturated carbocycles. The van der Waals surface area contributed by atoms with E-state index in [2.05, 4.69) is 4.98 Å². The lowest BCUT2D eigenvalue weighted by atomic mass is 10.1. The highest BCUT2D eigenvalue weighted by atomic mass is 32.3. The molecule has 0 spiro atoms. The molecule has 132 valence electrons. The van der Waals surface area contributed by atoms with E-state index in [9.17, 15) is 13.9 Å². The summed E-state index contributed by atoms with van der Waals surface area (Å²) in [4.78, 5) is 15.0. The molecule has 3 aromatic rings. The molecule has 1 fully saturated rings. The van der Waals surface area contributed by atoms with E-state index >= 15 is 0 Å². The molecule has 3 N–H and O–H groups in total. The maximum atomic E-state index is 12.2. The summed E-state index contributed by atoms with van der Waals surface area (Å²) in [6, 6.07) is 15.6. The highest BCUT2D eigenvalue weighted by molar-refractivity contribution is 8.22. The smallest absolute Gasteiger partial charge is 0.306 e. The molecular formula is C18H21N3O3S. The van der Waals surface area contributed by atoms with Crippen LogP contribution < -0.4 is 5.69 Å². The van der Waals surface area contributed by atoms with Crippen molar-refractivity contribution in [3.63, 3.8) is 0 Å². The molecule has 0 radical (unpaired) electrons. The number of para-hydroxylation sites is 2. The number of aromatic nitrogens is 2. The number of rotatable bonds is 4. The summed E-state index contributed by atoms with van der Waals surface area (Å²) in [5.41, 5.74) is 3.68. The first-order valence-electron chi connectivity index (χ1n) is 8.29. The van der Waals surface area contributed by atoms with Gasteiger partial charge in [-0.15, -0.1) is 10.8 Å². The number of benzene rings is 2. The van der Waals surface area contributed by atoms with Crippen molar-refractivity contribution < 1.29 is 9.11 Å². The molecule has 1 aliphatic rings. The van der Waals surface area contributed by atoms with Crippen LogP contribution in [0, 0.1) is 0 Å². The fourth-order valence-electron chi connectivity index (χ4n) is 3.29. The molecule has 1 saturated heterocycles. The molecule has 0 aliphatic carbocycles. The molecular weight excluding hydrogens is 338 g/mol. The van der Waals surface area contributed by atoms with Crippen molar-refractivity contribution in [2.45, 2.75) is 19.5 Å². The Morgan fingerprint density at radius 2 is 1.68 bits per heavy atom. The Hall–Kier alpha value is -2.06. The van der Waals surface area contributed by atoms with Gasteiger partial charge in [0.05, 0.1) is 23.3 Å². The van der Waals surface area contributed by atoms with E-state index in [0.717, 1.165) is 35.1 Å². The van der Waals surface area contributed by atoms with Gasteiger partial charge in [0.1, 0.15) is 0 Å². The summed E-state index contributed by atoms with van der Waals surface area (Å²) in [6.45, 7) is 1.76. The van der Waals surface area contributed by atoms with Crippen LogP contribution >= 0.6 is 10.8 Å². The van der Waals surface area contributed by atoms with Gasteiger partial charge in [-0.3, -0.25) is 13.7 Å². The molecule has 2 heterocycles. The first kappa shape index (κ1) is 16.4. The number of nitrogens with zero attached hydrogens (tertiary/aromatic N) is 2. The summed E-state index contributed by atoms with van der Waals surface area (Å²) in [5.74, 6) is 0.467. The Balaban J connectivity index is 1.52. The fourth-order valence-corrected chi connectivity index (χ4v) is 4.84. The van der Waals surface area contributed by atoms with Gasteiger partial charge < -0.3 is 4.98 Å². The standard InChI is InChI=1S/C18H21N3O3S/c22-18-19-16-4-1-2-5-17(16)21(18)13-15-8-6-14(7-9-15)12-20-10-3-11-25(20,23)24/h1-2,4-9,23-24H,3,10-13H2,(H,19,22). The number of fused-ring (bicyclic) bond motifs is 1. The zero-order chi connectivity index (χ0) is 17.4. The van der Waals surface area contributed by atoms with Gasteiger partial charge in [0.2, 0.25) is 0 Å². The zero-order valence-electron chi connectivity index (χ0n) is 13.8. The molecule has 1 aromatic heterocycles. The highest BCUT2D eigenvalue weighted by Gasteiger charge is 2.28. The number of H-pyrrole nitrogens is 1. The number of nitrogens with one attached hydrogen (secondary N) is 1. The molecule has 25 heavy (non-hydrogen) atoms. The minimum absolute atomic E-state index is 0.115. The monoisotopic (exact) mass is 359 g/mol. The molecule has 2 aromatic carbocycles. The topological polar surface area (TPSA) is 81.5 Å². The Morgan fingerprint density at radius 1 is 1.00 bits per heavy atom. The van der Waals surface area contributed by atoms with Crippen LogP contribution in [0.3, 0.4) is 0 Å². The summed E-state index contributed by atoms with van der Waals surface area (Å²) < 4.78 is 23.5. The van der Waals surface area contributed by atoms with Crippen molar-refractivity contribution in [3.8, 4) is 0 Å². The second-order valence-electron chi connectivity index (χ2n) is 6.40. The number of hydrogen-bond donors (Lipinski definition) is 3. The van der Waals surface area contributed by atoms with E-state index in [1.807, 2.05) is 48.5 Å². The number of hydrogen-bond acceptors (Lipinski definition) is 4. The van der Waals surface area contributed by atoms with Crippen LogP contribution in [0.1, 0.15) is 17.5 Å². The van der Waals surface area contributed by atoms with Crippen molar-refractivity contribution in [2.24, 2.45) is 0 Å². The predicted molar refractivity (Wildman–Crippen MR) is 101 cm³/mol. The normalized spacial score (nSPS) is 18.6. The van der Waals surface area contributed by atoms with Crippen molar-refractivity contribution in [1.29, 1.82) is 0 Å². The van der Waals surface area contributed by atoms with E-state index in [1.54, 1.807) is 8.87 Å². The Morgan fingerprint density at radius 3 is 2.36 bits per heavy atom. The van der Waals surface area contributed by atoms with Gasteiger partial charge in [-0.2, -0.15) is 0 Å². The largest absolute Gasteiger partial charge is 0.326 e. The first-order chi connectivity index (χ1) is 12.0. The maximum absolute atomic E-state index is 12.2. The lowest BCUT2D eigenvalue weighted by molar-refractivity contribution is 0.374.